The molecule has 2 fully saturated rings. The molecule has 1 heterocycles. The van der Waals surface area contributed by atoms with Gasteiger partial charge in [0.1, 0.15) is 6.04 Å². The summed E-state index contributed by atoms with van der Waals surface area (Å²) in [7, 11) is 0. The third-order valence-electron chi connectivity index (χ3n) is 4.07. The number of hydrazine groups is 1. The van der Waals surface area contributed by atoms with E-state index in [2.05, 4.69) is 16.2 Å². The maximum Gasteiger partial charge on any atom is 0.318 e. The van der Waals surface area contributed by atoms with Crippen LogP contribution in [0.1, 0.15) is 31.2 Å². The number of rotatable bonds is 4. The molecule has 22 heavy (non-hydrogen) atoms. The smallest absolute Gasteiger partial charge is 0.318 e. The minimum atomic E-state index is -0.393. The van der Waals surface area contributed by atoms with Crippen molar-refractivity contribution in [2.24, 2.45) is 0 Å². The second-order valence-electron chi connectivity index (χ2n) is 6.06. The van der Waals surface area contributed by atoms with E-state index in [1.165, 1.54) is 0 Å². The molecule has 1 aromatic carbocycles. The van der Waals surface area contributed by atoms with Crippen LogP contribution >= 0.6 is 0 Å². The highest BCUT2D eigenvalue weighted by molar-refractivity contribution is 5.88. The summed E-state index contributed by atoms with van der Waals surface area (Å²) in [6.07, 6.45) is 3.66. The van der Waals surface area contributed by atoms with Crippen molar-refractivity contribution in [2.75, 3.05) is 12.0 Å². The molecule has 6 heteroatoms. The van der Waals surface area contributed by atoms with Gasteiger partial charge in [-0.3, -0.25) is 15.6 Å². The quantitative estimate of drug-likeness (QED) is 0.742. The number of urea groups is 1. The van der Waals surface area contributed by atoms with Crippen LogP contribution in [0.15, 0.2) is 24.3 Å². The van der Waals surface area contributed by atoms with E-state index in [4.69, 9.17) is 0 Å². The van der Waals surface area contributed by atoms with E-state index >= 15 is 0 Å². The van der Waals surface area contributed by atoms with Crippen LogP contribution in [-0.4, -0.2) is 35.5 Å². The Labute approximate surface area is 130 Å². The number of likely N-dealkylation sites (tertiary alicyclic amines) is 1. The first-order valence-corrected chi connectivity index (χ1v) is 7.83. The van der Waals surface area contributed by atoms with Crippen molar-refractivity contribution < 1.29 is 9.59 Å². The molecule has 0 aromatic heterocycles. The van der Waals surface area contributed by atoms with Crippen LogP contribution in [0.2, 0.25) is 0 Å². The number of carbonyl (C=O) groups excluding carboxylic acids is 2. The summed E-state index contributed by atoms with van der Waals surface area (Å²) in [6.45, 7) is 2.63. The van der Waals surface area contributed by atoms with Crippen molar-refractivity contribution in [3.05, 3.63) is 29.8 Å². The third kappa shape index (κ3) is 3.50. The molecule has 3 N–H and O–H groups in total. The van der Waals surface area contributed by atoms with Crippen molar-refractivity contribution in [2.45, 2.75) is 44.7 Å². The molecule has 1 aliphatic heterocycles. The Morgan fingerprint density at radius 2 is 2.05 bits per heavy atom. The minimum Gasteiger partial charge on any atom is -0.335 e. The van der Waals surface area contributed by atoms with Gasteiger partial charge in [-0.2, -0.15) is 0 Å². The first-order chi connectivity index (χ1) is 10.6. The average Bonchev–Trinajstić information content (AvgIpc) is 3.17. The molecule has 1 atom stereocenters. The Morgan fingerprint density at radius 3 is 2.77 bits per heavy atom. The number of aryl methyl sites for hydroxylation is 1. The summed E-state index contributed by atoms with van der Waals surface area (Å²) in [6, 6.07) is 7.56. The molecule has 1 saturated carbocycles. The molecule has 1 aliphatic carbocycles. The maximum atomic E-state index is 12.3. The van der Waals surface area contributed by atoms with Gasteiger partial charge in [-0.25, -0.2) is 4.79 Å². The van der Waals surface area contributed by atoms with Crippen LogP contribution in [0, 0.1) is 6.92 Å². The van der Waals surface area contributed by atoms with E-state index in [1.54, 1.807) is 4.90 Å². The lowest BCUT2D eigenvalue weighted by molar-refractivity contribution is -0.124. The van der Waals surface area contributed by atoms with Gasteiger partial charge in [0.15, 0.2) is 0 Å². The molecule has 0 spiro atoms. The molecule has 1 aromatic rings. The van der Waals surface area contributed by atoms with E-state index in [9.17, 15) is 9.59 Å². The molecular weight excluding hydrogens is 280 g/mol. The van der Waals surface area contributed by atoms with Crippen molar-refractivity contribution in [1.29, 1.82) is 0 Å². The summed E-state index contributed by atoms with van der Waals surface area (Å²) < 4.78 is 0. The SMILES string of the molecule is Cc1cccc(NNC(=O)C2CCCN2C(=O)NC2CC2)c1. The van der Waals surface area contributed by atoms with Crippen molar-refractivity contribution in [1.82, 2.24) is 15.6 Å². The first-order valence-electron chi connectivity index (χ1n) is 7.83. The molecule has 1 unspecified atom stereocenters. The van der Waals surface area contributed by atoms with Crippen molar-refractivity contribution in [3.63, 3.8) is 0 Å². The topological polar surface area (TPSA) is 73.5 Å². The highest BCUT2D eigenvalue weighted by atomic mass is 16.2. The zero-order valence-corrected chi connectivity index (χ0v) is 12.8. The van der Waals surface area contributed by atoms with Crippen molar-refractivity contribution >= 4 is 17.6 Å². The predicted octanol–water partition coefficient (Wildman–Crippen LogP) is 1.77. The van der Waals surface area contributed by atoms with Crippen LogP contribution < -0.4 is 16.2 Å². The minimum absolute atomic E-state index is 0.115. The second-order valence-corrected chi connectivity index (χ2v) is 6.06. The Morgan fingerprint density at radius 1 is 1.23 bits per heavy atom. The highest BCUT2D eigenvalue weighted by Crippen LogP contribution is 2.22. The number of benzene rings is 1. The molecule has 3 amide bonds. The van der Waals surface area contributed by atoms with E-state index < -0.39 is 6.04 Å². The Balaban J connectivity index is 1.55. The maximum absolute atomic E-state index is 12.3. The van der Waals surface area contributed by atoms with Gasteiger partial charge in [-0.15, -0.1) is 0 Å². The van der Waals surface area contributed by atoms with Gasteiger partial charge in [-0.1, -0.05) is 12.1 Å². The molecule has 1 saturated heterocycles. The first kappa shape index (κ1) is 14.7. The molecule has 118 valence electrons. The van der Waals surface area contributed by atoms with Crippen LogP contribution in [0.3, 0.4) is 0 Å². The predicted molar refractivity (Wildman–Crippen MR) is 84.2 cm³/mol. The third-order valence-corrected chi connectivity index (χ3v) is 4.07. The van der Waals surface area contributed by atoms with E-state index in [1.807, 2.05) is 31.2 Å². The number of hydrogen-bond donors (Lipinski definition) is 3. The van der Waals surface area contributed by atoms with Crippen molar-refractivity contribution in [3.8, 4) is 0 Å². The lowest BCUT2D eigenvalue weighted by Crippen LogP contribution is -2.50. The van der Waals surface area contributed by atoms with Gasteiger partial charge in [0.25, 0.3) is 5.91 Å². The molecule has 2 aliphatic rings. The van der Waals surface area contributed by atoms with Crippen LogP contribution in [0.5, 0.6) is 0 Å². The number of hydrogen-bond acceptors (Lipinski definition) is 3. The van der Waals surface area contributed by atoms with Gasteiger partial charge >= 0.3 is 6.03 Å². The lowest BCUT2D eigenvalue weighted by atomic mass is 10.2. The largest absolute Gasteiger partial charge is 0.335 e. The van der Waals surface area contributed by atoms with E-state index in [0.717, 1.165) is 30.5 Å². The Bertz CT molecular complexity index is 571. The van der Waals surface area contributed by atoms with Crippen LogP contribution in [0.25, 0.3) is 0 Å². The van der Waals surface area contributed by atoms with Gasteiger partial charge in [0, 0.05) is 12.6 Å². The zero-order chi connectivity index (χ0) is 15.5. The van der Waals surface area contributed by atoms with E-state index in [0.29, 0.717) is 19.0 Å². The number of amides is 3. The summed E-state index contributed by atoms with van der Waals surface area (Å²) in [5, 5.41) is 2.95. The van der Waals surface area contributed by atoms with Gasteiger partial charge in [0.2, 0.25) is 0 Å². The van der Waals surface area contributed by atoms with Crippen LogP contribution in [0.4, 0.5) is 10.5 Å². The summed E-state index contributed by atoms with van der Waals surface area (Å²) in [4.78, 5) is 26.1. The second kappa shape index (κ2) is 6.25. The summed E-state index contributed by atoms with van der Waals surface area (Å²) in [5.41, 5.74) is 7.58. The monoisotopic (exact) mass is 302 g/mol. The number of nitrogens with one attached hydrogen (secondary N) is 3. The molecule has 6 nitrogen and oxygen atoms in total. The number of carbonyl (C=O) groups is 2. The van der Waals surface area contributed by atoms with Gasteiger partial charge < -0.3 is 10.2 Å². The normalized spacial score (nSPS) is 20.6. The fourth-order valence-corrected chi connectivity index (χ4v) is 2.71. The lowest BCUT2D eigenvalue weighted by Gasteiger charge is -2.24. The number of anilines is 1. The van der Waals surface area contributed by atoms with Gasteiger partial charge in [-0.05, 0) is 50.3 Å². The Hall–Kier alpha value is -2.24. The standard InChI is InChI=1S/C16H22N4O2/c1-11-4-2-5-13(10-11)18-19-15(21)14-6-3-9-20(14)16(22)17-12-7-8-12/h2,4-5,10,12,14,18H,3,6-9H2,1H3,(H,17,22)(H,19,21). The van der Waals surface area contributed by atoms with E-state index in [-0.39, 0.29) is 11.9 Å². The Kier molecular flexibility index (Phi) is 4.18. The zero-order valence-electron chi connectivity index (χ0n) is 12.8. The molecular formula is C16H22N4O2. The number of nitrogens with zero attached hydrogens (tertiary/aromatic N) is 1. The molecule has 3 rings (SSSR count). The highest BCUT2D eigenvalue weighted by Gasteiger charge is 2.36. The average molecular weight is 302 g/mol. The summed E-state index contributed by atoms with van der Waals surface area (Å²) >= 11 is 0. The summed E-state index contributed by atoms with van der Waals surface area (Å²) in [5.74, 6) is -0.162. The fourth-order valence-electron chi connectivity index (χ4n) is 2.71. The van der Waals surface area contributed by atoms with Crippen LogP contribution in [-0.2, 0) is 4.79 Å². The van der Waals surface area contributed by atoms with Gasteiger partial charge in [0.05, 0.1) is 5.69 Å². The molecule has 0 bridgehead atoms. The molecule has 0 radical (unpaired) electrons. The fraction of sp³-hybridized carbons (Fsp3) is 0.500.